The van der Waals surface area contributed by atoms with E-state index in [0.717, 1.165) is 21.8 Å². The van der Waals surface area contributed by atoms with Gasteiger partial charge in [0.25, 0.3) is 0 Å². The summed E-state index contributed by atoms with van der Waals surface area (Å²) in [5, 5.41) is 0.985. The van der Waals surface area contributed by atoms with Gasteiger partial charge in [0.2, 0.25) is 0 Å². The molecule has 0 amide bonds. The van der Waals surface area contributed by atoms with Gasteiger partial charge in [-0.25, -0.2) is 4.98 Å². The second-order valence-corrected chi connectivity index (χ2v) is 5.88. The third-order valence-electron chi connectivity index (χ3n) is 3.16. The molecule has 0 radical (unpaired) electrons. The molecule has 1 fully saturated rings. The molecule has 1 aliphatic carbocycles. The highest BCUT2D eigenvalue weighted by atomic mass is 32.1. The van der Waals surface area contributed by atoms with Gasteiger partial charge in [0, 0.05) is 17.7 Å². The number of carbonyl (C=O) groups is 1. The number of thiazole rings is 1. The lowest BCUT2D eigenvalue weighted by atomic mass is 10.2. The minimum atomic E-state index is -0.0880. The fourth-order valence-corrected chi connectivity index (χ4v) is 2.85. The summed E-state index contributed by atoms with van der Waals surface area (Å²) >= 11 is 1.67. The minimum Gasteiger partial charge on any atom is -0.398 e. The highest BCUT2D eigenvalue weighted by molar-refractivity contribution is 7.21. The van der Waals surface area contributed by atoms with Crippen LogP contribution in [-0.4, -0.2) is 16.8 Å². The van der Waals surface area contributed by atoms with E-state index in [4.69, 9.17) is 11.5 Å². The molecule has 1 unspecified atom stereocenters. The van der Waals surface area contributed by atoms with Crippen LogP contribution >= 0.6 is 11.3 Å². The molecule has 1 aromatic heterocycles. The van der Waals surface area contributed by atoms with Gasteiger partial charge in [0.1, 0.15) is 5.01 Å². The Morgan fingerprint density at radius 1 is 1.10 bits per heavy atom. The van der Waals surface area contributed by atoms with E-state index in [9.17, 15) is 4.79 Å². The largest absolute Gasteiger partial charge is 0.398 e. The van der Waals surface area contributed by atoms with E-state index >= 15 is 0 Å². The summed E-state index contributed by atoms with van der Waals surface area (Å²) in [6, 6.07) is 15.9. The van der Waals surface area contributed by atoms with Crippen molar-refractivity contribution in [3.05, 3.63) is 48.5 Å². The summed E-state index contributed by atoms with van der Waals surface area (Å²) < 4.78 is 1.20. The topological polar surface area (TPSA) is 82.0 Å². The standard InChI is InChI=1S/C13H10N2S.C3H5NO/c14-10-6-2-1-5-9(10)13-15-11-7-3-4-8-12(11)16-13;4-2-1-3(2)5/h1-8H,14H2;2H,1,4H2. The third kappa shape index (κ3) is 3.09. The number of fused-ring (bicyclic) bond motifs is 1. The first-order valence-electron chi connectivity index (χ1n) is 6.64. The molecule has 4 rings (SSSR count). The number of Topliss-reactive ketones (excluding diaryl/α,β-unsaturated/α-hetero) is 1. The first kappa shape index (κ1) is 13.7. The zero-order valence-electron chi connectivity index (χ0n) is 11.3. The smallest absolute Gasteiger partial charge is 0.151 e. The molecule has 0 aliphatic heterocycles. The summed E-state index contributed by atoms with van der Waals surface area (Å²) in [5.74, 6) is 0.199. The number of anilines is 1. The maximum absolute atomic E-state index is 9.76. The van der Waals surface area contributed by atoms with Gasteiger partial charge < -0.3 is 11.5 Å². The zero-order valence-corrected chi connectivity index (χ0v) is 12.1. The molecule has 21 heavy (non-hydrogen) atoms. The van der Waals surface area contributed by atoms with Crippen LogP contribution in [0.4, 0.5) is 5.69 Å². The van der Waals surface area contributed by atoms with Crippen molar-refractivity contribution < 1.29 is 4.79 Å². The van der Waals surface area contributed by atoms with Crippen LogP contribution in [-0.2, 0) is 4.79 Å². The Bertz CT molecular complexity index is 764. The fraction of sp³-hybridized carbons (Fsp3) is 0.125. The number of carbonyl (C=O) groups excluding carboxylic acids is 1. The van der Waals surface area contributed by atoms with Crippen molar-refractivity contribution in [2.24, 2.45) is 5.73 Å². The van der Waals surface area contributed by atoms with Crippen molar-refractivity contribution in [3.8, 4) is 10.6 Å². The molecule has 3 aromatic rings. The predicted octanol–water partition coefficient (Wildman–Crippen LogP) is 2.83. The molecule has 1 atom stereocenters. The molecular weight excluding hydrogens is 282 g/mol. The van der Waals surface area contributed by atoms with Crippen molar-refractivity contribution in [2.75, 3.05) is 5.73 Å². The van der Waals surface area contributed by atoms with E-state index in [-0.39, 0.29) is 11.8 Å². The first-order valence-corrected chi connectivity index (χ1v) is 7.45. The van der Waals surface area contributed by atoms with E-state index < -0.39 is 0 Å². The molecule has 0 saturated heterocycles. The maximum Gasteiger partial charge on any atom is 0.151 e. The van der Waals surface area contributed by atoms with Crippen molar-refractivity contribution in [1.82, 2.24) is 4.98 Å². The predicted molar refractivity (Wildman–Crippen MR) is 87.1 cm³/mol. The Morgan fingerprint density at radius 3 is 2.33 bits per heavy atom. The van der Waals surface area contributed by atoms with Crippen LogP contribution in [0.25, 0.3) is 20.8 Å². The lowest BCUT2D eigenvalue weighted by Gasteiger charge is -1.99. The quantitative estimate of drug-likeness (QED) is 0.677. The van der Waals surface area contributed by atoms with Crippen LogP contribution in [0, 0.1) is 0 Å². The van der Waals surface area contributed by atoms with Gasteiger partial charge in [-0.1, -0.05) is 24.3 Å². The molecule has 0 bridgehead atoms. The molecule has 2 aromatic carbocycles. The van der Waals surface area contributed by atoms with Crippen LogP contribution in [0.15, 0.2) is 48.5 Å². The number of hydrogen-bond donors (Lipinski definition) is 2. The van der Waals surface area contributed by atoms with E-state index in [1.54, 1.807) is 11.3 Å². The average molecular weight is 297 g/mol. The van der Waals surface area contributed by atoms with Crippen LogP contribution in [0.1, 0.15) is 6.42 Å². The molecular formula is C16H15N3OS. The van der Waals surface area contributed by atoms with Crippen LogP contribution in [0.2, 0.25) is 0 Å². The van der Waals surface area contributed by atoms with E-state index in [1.807, 2.05) is 42.5 Å². The van der Waals surface area contributed by atoms with Gasteiger partial charge in [0.15, 0.2) is 5.78 Å². The Labute approximate surface area is 126 Å². The van der Waals surface area contributed by atoms with Crippen LogP contribution < -0.4 is 11.5 Å². The number of ketones is 1. The second-order valence-electron chi connectivity index (χ2n) is 4.85. The molecule has 4 nitrogen and oxygen atoms in total. The van der Waals surface area contributed by atoms with Crippen LogP contribution in [0.3, 0.4) is 0 Å². The summed E-state index contributed by atoms with van der Waals surface area (Å²) in [6.07, 6.45) is 0.611. The Hall–Kier alpha value is -2.24. The SMILES string of the molecule is NC1CC1=O.Nc1ccccc1-c1nc2ccccc2s1. The number of para-hydroxylation sites is 2. The molecule has 1 aliphatic rings. The van der Waals surface area contributed by atoms with Gasteiger partial charge in [-0.2, -0.15) is 0 Å². The first-order chi connectivity index (χ1) is 10.1. The average Bonchev–Trinajstić information content (AvgIpc) is 2.99. The number of hydrogen-bond acceptors (Lipinski definition) is 5. The number of nitrogens with zero attached hydrogens (tertiary/aromatic N) is 1. The molecule has 4 N–H and O–H groups in total. The van der Waals surface area contributed by atoms with Gasteiger partial charge in [-0.05, 0) is 24.3 Å². The number of nitrogens with two attached hydrogens (primary N) is 2. The minimum absolute atomic E-state index is 0.0880. The monoisotopic (exact) mass is 297 g/mol. The normalized spacial score (nSPS) is 16.4. The highest BCUT2D eigenvalue weighted by Gasteiger charge is 2.29. The summed E-state index contributed by atoms with van der Waals surface area (Å²) in [7, 11) is 0. The summed E-state index contributed by atoms with van der Waals surface area (Å²) in [5.41, 5.74) is 13.8. The number of rotatable bonds is 1. The molecule has 5 heteroatoms. The van der Waals surface area contributed by atoms with Gasteiger partial charge in [-0.15, -0.1) is 11.3 Å². The summed E-state index contributed by atoms with van der Waals surface area (Å²) in [4.78, 5) is 14.3. The zero-order chi connectivity index (χ0) is 14.8. The Kier molecular flexibility index (Phi) is 3.68. The van der Waals surface area contributed by atoms with Crippen molar-refractivity contribution in [2.45, 2.75) is 12.5 Å². The molecule has 106 valence electrons. The van der Waals surface area contributed by atoms with E-state index in [0.29, 0.717) is 6.42 Å². The summed E-state index contributed by atoms with van der Waals surface area (Å²) in [6.45, 7) is 0. The fourth-order valence-electron chi connectivity index (χ4n) is 1.84. The Morgan fingerprint density at radius 2 is 1.71 bits per heavy atom. The van der Waals surface area contributed by atoms with Crippen LogP contribution in [0.5, 0.6) is 0 Å². The van der Waals surface area contributed by atoms with E-state index in [1.165, 1.54) is 4.70 Å². The lowest BCUT2D eigenvalue weighted by molar-refractivity contribution is -0.110. The molecule has 1 saturated carbocycles. The molecule has 1 heterocycles. The van der Waals surface area contributed by atoms with Crippen molar-refractivity contribution in [1.29, 1.82) is 0 Å². The molecule has 0 spiro atoms. The lowest BCUT2D eigenvalue weighted by Crippen LogP contribution is -1.99. The van der Waals surface area contributed by atoms with Gasteiger partial charge in [-0.3, -0.25) is 4.79 Å². The van der Waals surface area contributed by atoms with Crippen molar-refractivity contribution in [3.63, 3.8) is 0 Å². The van der Waals surface area contributed by atoms with Gasteiger partial charge in [0.05, 0.1) is 16.3 Å². The second kappa shape index (κ2) is 5.63. The maximum atomic E-state index is 9.76. The van der Waals surface area contributed by atoms with Gasteiger partial charge >= 0.3 is 0 Å². The Balaban J connectivity index is 0.000000225. The van der Waals surface area contributed by atoms with E-state index in [2.05, 4.69) is 11.1 Å². The number of aromatic nitrogens is 1. The third-order valence-corrected chi connectivity index (χ3v) is 4.23. The van der Waals surface area contributed by atoms with Crippen molar-refractivity contribution >= 4 is 33.0 Å². The number of benzene rings is 2. The number of nitrogen functional groups attached to an aromatic ring is 1. The highest BCUT2D eigenvalue weighted by Crippen LogP contribution is 2.32.